The van der Waals surface area contributed by atoms with Crippen molar-refractivity contribution >= 4 is 11.6 Å². The largest absolute Gasteiger partial charge is 0.356 e. The molecule has 0 aliphatic carbocycles. The summed E-state index contributed by atoms with van der Waals surface area (Å²) < 4.78 is 0. The van der Waals surface area contributed by atoms with E-state index in [-0.39, 0.29) is 0 Å². The molecule has 2 heterocycles. The van der Waals surface area contributed by atoms with E-state index in [1.807, 2.05) is 0 Å². The van der Waals surface area contributed by atoms with Crippen molar-refractivity contribution in [3.63, 3.8) is 0 Å². The van der Waals surface area contributed by atoms with Crippen LogP contribution in [-0.2, 0) is 6.54 Å². The fraction of sp³-hybridized carbons (Fsp3) is 0.474. The molecule has 1 saturated heterocycles. The molecular weight excluding hydrogens is 284 g/mol. The maximum Gasteiger partial charge on any atom is 0.134 e. The molecule has 0 bridgehead atoms. The first-order valence-corrected chi connectivity index (χ1v) is 8.61. The van der Waals surface area contributed by atoms with Crippen LogP contribution >= 0.6 is 0 Å². The Balaban J connectivity index is 1.82. The van der Waals surface area contributed by atoms with Crippen LogP contribution in [0.2, 0.25) is 0 Å². The minimum absolute atomic E-state index is 0.388. The Labute approximate surface area is 139 Å². The van der Waals surface area contributed by atoms with Crippen molar-refractivity contribution in [2.75, 3.05) is 22.9 Å². The summed E-state index contributed by atoms with van der Waals surface area (Å²) in [6.07, 6.45) is 5.56. The molecule has 0 saturated carbocycles. The summed E-state index contributed by atoms with van der Waals surface area (Å²) in [6.45, 7) is 7.51. The Morgan fingerprint density at radius 3 is 2.48 bits per heavy atom. The smallest absolute Gasteiger partial charge is 0.134 e. The molecule has 3 rings (SSSR count). The van der Waals surface area contributed by atoms with E-state index in [1.54, 1.807) is 6.33 Å². The summed E-state index contributed by atoms with van der Waals surface area (Å²) in [5, 5.41) is 0. The summed E-state index contributed by atoms with van der Waals surface area (Å²) in [5.74, 6) is 2.08. The first-order valence-electron chi connectivity index (χ1n) is 8.61. The average molecular weight is 310 g/mol. The first-order chi connectivity index (χ1) is 11.2. The lowest BCUT2D eigenvalue weighted by Gasteiger charge is -2.31. The van der Waals surface area contributed by atoms with Gasteiger partial charge in [-0.3, -0.25) is 0 Å². The fourth-order valence-electron chi connectivity index (χ4n) is 3.10. The lowest BCUT2D eigenvalue weighted by atomic mass is 10.1. The van der Waals surface area contributed by atoms with Gasteiger partial charge in [0, 0.05) is 31.7 Å². The number of aromatic nitrogens is 2. The highest BCUT2D eigenvalue weighted by Crippen LogP contribution is 2.23. The van der Waals surface area contributed by atoms with E-state index < -0.39 is 0 Å². The average Bonchev–Trinajstić information content (AvgIpc) is 2.61. The van der Waals surface area contributed by atoms with Gasteiger partial charge in [-0.1, -0.05) is 30.3 Å². The fourth-order valence-corrected chi connectivity index (χ4v) is 3.10. The maximum absolute atomic E-state index is 4.54. The van der Waals surface area contributed by atoms with Gasteiger partial charge < -0.3 is 9.80 Å². The van der Waals surface area contributed by atoms with Gasteiger partial charge in [0.15, 0.2) is 0 Å². The third kappa shape index (κ3) is 4.01. The number of hydrogen-bond donors (Lipinski definition) is 0. The quantitative estimate of drug-likeness (QED) is 0.839. The molecule has 1 aliphatic rings. The number of rotatable bonds is 5. The second-order valence-corrected chi connectivity index (χ2v) is 6.49. The molecule has 1 aliphatic heterocycles. The third-order valence-corrected chi connectivity index (χ3v) is 4.43. The predicted molar refractivity (Wildman–Crippen MR) is 95.9 cm³/mol. The van der Waals surface area contributed by atoms with E-state index >= 15 is 0 Å². The summed E-state index contributed by atoms with van der Waals surface area (Å²) >= 11 is 0. The predicted octanol–water partition coefficient (Wildman–Crippen LogP) is 3.88. The summed E-state index contributed by atoms with van der Waals surface area (Å²) in [4.78, 5) is 13.8. The Kier molecular flexibility index (Phi) is 5.11. The van der Waals surface area contributed by atoms with Gasteiger partial charge in [0.25, 0.3) is 0 Å². The zero-order chi connectivity index (χ0) is 16.1. The summed E-state index contributed by atoms with van der Waals surface area (Å²) in [5.41, 5.74) is 1.30. The van der Waals surface area contributed by atoms with Gasteiger partial charge in [0.1, 0.15) is 18.0 Å². The van der Waals surface area contributed by atoms with E-state index in [9.17, 15) is 0 Å². The number of benzene rings is 1. The molecule has 1 aromatic heterocycles. The molecule has 0 unspecified atom stereocenters. The molecule has 0 spiro atoms. The molecule has 1 aromatic carbocycles. The van der Waals surface area contributed by atoms with Crippen molar-refractivity contribution in [3.8, 4) is 0 Å². The van der Waals surface area contributed by atoms with Crippen LogP contribution in [0.4, 0.5) is 11.6 Å². The molecule has 1 fully saturated rings. The molecule has 23 heavy (non-hydrogen) atoms. The molecule has 2 aromatic rings. The SMILES string of the molecule is CC(C)N(Cc1ccccc1)c1cc(N2CCCCC2)ncn1. The molecule has 4 heteroatoms. The lowest BCUT2D eigenvalue weighted by molar-refractivity contribution is 0.572. The highest BCUT2D eigenvalue weighted by atomic mass is 15.2. The minimum Gasteiger partial charge on any atom is -0.356 e. The van der Waals surface area contributed by atoms with Gasteiger partial charge in [0.05, 0.1) is 0 Å². The summed E-state index contributed by atoms with van der Waals surface area (Å²) in [7, 11) is 0. The van der Waals surface area contributed by atoms with Crippen LogP contribution in [0.25, 0.3) is 0 Å². The lowest BCUT2D eigenvalue weighted by Crippen LogP contribution is -2.33. The van der Waals surface area contributed by atoms with Crippen LogP contribution in [0.15, 0.2) is 42.7 Å². The monoisotopic (exact) mass is 310 g/mol. The van der Waals surface area contributed by atoms with Gasteiger partial charge in [-0.2, -0.15) is 0 Å². The van der Waals surface area contributed by atoms with Crippen molar-refractivity contribution < 1.29 is 0 Å². The van der Waals surface area contributed by atoms with E-state index in [4.69, 9.17) is 0 Å². The van der Waals surface area contributed by atoms with Gasteiger partial charge in [-0.05, 0) is 38.7 Å². The van der Waals surface area contributed by atoms with Crippen LogP contribution < -0.4 is 9.80 Å². The van der Waals surface area contributed by atoms with Crippen LogP contribution in [0.3, 0.4) is 0 Å². The van der Waals surface area contributed by atoms with Gasteiger partial charge >= 0.3 is 0 Å². The Morgan fingerprint density at radius 1 is 1.04 bits per heavy atom. The summed E-state index contributed by atoms with van der Waals surface area (Å²) in [6, 6.07) is 13.1. The zero-order valence-electron chi connectivity index (χ0n) is 14.2. The highest BCUT2D eigenvalue weighted by Gasteiger charge is 2.17. The minimum atomic E-state index is 0.388. The van der Waals surface area contributed by atoms with E-state index in [2.05, 4.69) is 70.0 Å². The number of piperidine rings is 1. The molecule has 0 N–H and O–H groups in total. The third-order valence-electron chi connectivity index (χ3n) is 4.43. The van der Waals surface area contributed by atoms with Crippen molar-refractivity contribution in [1.29, 1.82) is 0 Å². The van der Waals surface area contributed by atoms with Crippen molar-refractivity contribution in [1.82, 2.24) is 9.97 Å². The normalized spacial score (nSPS) is 15.0. The van der Waals surface area contributed by atoms with Gasteiger partial charge in [-0.15, -0.1) is 0 Å². The topological polar surface area (TPSA) is 32.3 Å². The second kappa shape index (κ2) is 7.44. The van der Waals surface area contributed by atoms with Crippen LogP contribution in [0, 0.1) is 0 Å². The molecule has 0 amide bonds. The molecule has 0 radical (unpaired) electrons. The van der Waals surface area contributed by atoms with Crippen molar-refractivity contribution in [3.05, 3.63) is 48.3 Å². The van der Waals surface area contributed by atoms with Crippen LogP contribution in [0.1, 0.15) is 38.7 Å². The van der Waals surface area contributed by atoms with E-state index in [1.165, 1.54) is 24.8 Å². The molecule has 4 nitrogen and oxygen atoms in total. The van der Waals surface area contributed by atoms with Crippen molar-refractivity contribution in [2.24, 2.45) is 0 Å². The first kappa shape index (κ1) is 15.8. The number of nitrogens with zero attached hydrogens (tertiary/aromatic N) is 4. The zero-order valence-corrected chi connectivity index (χ0v) is 14.2. The maximum atomic E-state index is 4.54. The standard InChI is InChI=1S/C19H26N4/c1-16(2)23(14-17-9-5-3-6-10-17)19-13-18(20-15-21-19)22-11-7-4-8-12-22/h3,5-6,9-10,13,15-16H,4,7-8,11-12,14H2,1-2H3. The second-order valence-electron chi connectivity index (χ2n) is 6.49. The van der Waals surface area contributed by atoms with Gasteiger partial charge in [-0.25, -0.2) is 9.97 Å². The molecule has 0 atom stereocenters. The number of anilines is 2. The van der Waals surface area contributed by atoms with Crippen molar-refractivity contribution in [2.45, 2.75) is 45.7 Å². The highest BCUT2D eigenvalue weighted by molar-refractivity contribution is 5.51. The van der Waals surface area contributed by atoms with Crippen LogP contribution in [0.5, 0.6) is 0 Å². The van der Waals surface area contributed by atoms with Gasteiger partial charge in [0.2, 0.25) is 0 Å². The Bertz CT molecular complexity index is 606. The number of hydrogen-bond acceptors (Lipinski definition) is 4. The van der Waals surface area contributed by atoms with Crippen LogP contribution in [-0.4, -0.2) is 29.1 Å². The van der Waals surface area contributed by atoms with E-state index in [0.717, 1.165) is 31.3 Å². The van der Waals surface area contributed by atoms with E-state index in [0.29, 0.717) is 6.04 Å². The molecule has 122 valence electrons. The Hall–Kier alpha value is -2.10. The Morgan fingerprint density at radius 2 is 1.78 bits per heavy atom. The molecular formula is C19H26N4.